The molecular formula is C28H48O3. The highest BCUT2D eigenvalue weighted by atomic mass is 16.3. The van der Waals surface area contributed by atoms with Crippen molar-refractivity contribution in [3.8, 4) is 0 Å². The number of carbonyl (C=O) groups excluding carboxylic acids is 1. The average Bonchev–Trinajstić information content (AvgIpc) is 3.06. The Morgan fingerprint density at radius 3 is 2.29 bits per heavy atom. The minimum Gasteiger partial charge on any atom is -0.393 e. The topological polar surface area (TPSA) is 57.5 Å². The van der Waals surface area contributed by atoms with Crippen molar-refractivity contribution in [2.45, 2.75) is 112 Å². The molecule has 0 saturated heterocycles. The van der Waals surface area contributed by atoms with Crippen LogP contribution in [0.5, 0.6) is 0 Å². The molecule has 0 radical (unpaired) electrons. The molecule has 0 unspecified atom stereocenters. The number of fused-ring (bicyclic) bond motifs is 5. The van der Waals surface area contributed by atoms with Crippen LogP contribution in [-0.4, -0.2) is 28.2 Å². The van der Waals surface area contributed by atoms with E-state index < -0.39 is 0 Å². The van der Waals surface area contributed by atoms with Crippen LogP contribution in [0.15, 0.2) is 0 Å². The first-order valence-corrected chi connectivity index (χ1v) is 13.4. The highest BCUT2D eigenvalue weighted by Crippen LogP contribution is 2.67. The first-order valence-electron chi connectivity index (χ1n) is 13.4. The quantitative estimate of drug-likeness (QED) is 0.572. The van der Waals surface area contributed by atoms with Crippen LogP contribution in [0.1, 0.15) is 99.3 Å². The largest absolute Gasteiger partial charge is 0.393 e. The molecule has 178 valence electrons. The van der Waals surface area contributed by atoms with Gasteiger partial charge in [0.25, 0.3) is 0 Å². The van der Waals surface area contributed by atoms with Crippen molar-refractivity contribution in [2.24, 2.45) is 58.2 Å². The summed E-state index contributed by atoms with van der Waals surface area (Å²) in [6.45, 7) is 14.0. The van der Waals surface area contributed by atoms with Crippen LogP contribution in [-0.2, 0) is 4.79 Å². The molecule has 0 spiro atoms. The van der Waals surface area contributed by atoms with E-state index in [0.717, 1.165) is 25.7 Å². The number of hydrogen-bond donors (Lipinski definition) is 2. The van der Waals surface area contributed by atoms with Crippen molar-refractivity contribution in [2.75, 3.05) is 0 Å². The lowest BCUT2D eigenvalue weighted by Gasteiger charge is -2.60. The van der Waals surface area contributed by atoms with E-state index in [4.69, 9.17) is 0 Å². The fourth-order valence-corrected chi connectivity index (χ4v) is 9.06. The van der Waals surface area contributed by atoms with Crippen LogP contribution in [0, 0.1) is 58.2 Å². The van der Waals surface area contributed by atoms with E-state index in [-0.39, 0.29) is 29.0 Å². The van der Waals surface area contributed by atoms with E-state index in [2.05, 4.69) is 41.5 Å². The van der Waals surface area contributed by atoms with Crippen LogP contribution in [0.25, 0.3) is 0 Å². The van der Waals surface area contributed by atoms with Gasteiger partial charge in [-0.2, -0.15) is 0 Å². The molecule has 4 saturated carbocycles. The number of rotatable bonds is 5. The Bertz CT molecular complexity index is 673. The van der Waals surface area contributed by atoms with Crippen molar-refractivity contribution < 1.29 is 15.0 Å². The van der Waals surface area contributed by atoms with Gasteiger partial charge in [0, 0.05) is 12.3 Å². The first-order chi connectivity index (χ1) is 14.5. The number of carbonyl (C=O) groups is 1. The zero-order valence-corrected chi connectivity index (χ0v) is 20.9. The van der Waals surface area contributed by atoms with Gasteiger partial charge in [0.1, 0.15) is 5.78 Å². The summed E-state index contributed by atoms with van der Waals surface area (Å²) in [6.07, 6.45) is 8.65. The standard InChI is InChI=1S/C28H48O3/c1-16(2)17(3)13-25(30)18(4)21-7-8-22-20-15-26(31)24-14-19(29)9-11-28(24,6)23(20)10-12-27(21,22)5/h16-25,29-30H,7-15H2,1-6H3/t17-,18+,19+,20+,21+,22-,23+,24-,25+,27+,28-/m1/s1. The molecule has 0 aromatic heterocycles. The fraction of sp³-hybridized carbons (Fsp3) is 0.964. The molecule has 4 aliphatic rings. The number of aliphatic hydroxyl groups excluding tert-OH is 2. The van der Waals surface area contributed by atoms with E-state index in [1.54, 1.807) is 0 Å². The summed E-state index contributed by atoms with van der Waals surface area (Å²) in [4.78, 5) is 13.3. The van der Waals surface area contributed by atoms with Gasteiger partial charge >= 0.3 is 0 Å². The van der Waals surface area contributed by atoms with Gasteiger partial charge in [-0.05, 0) is 104 Å². The summed E-state index contributed by atoms with van der Waals surface area (Å²) in [7, 11) is 0. The zero-order chi connectivity index (χ0) is 22.7. The predicted octanol–water partition coefficient (Wildman–Crippen LogP) is 5.86. The summed E-state index contributed by atoms with van der Waals surface area (Å²) in [6, 6.07) is 0. The Balaban J connectivity index is 1.53. The smallest absolute Gasteiger partial charge is 0.136 e. The summed E-state index contributed by atoms with van der Waals surface area (Å²) in [5.74, 6) is 4.37. The zero-order valence-electron chi connectivity index (χ0n) is 20.9. The average molecular weight is 433 g/mol. The van der Waals surface area contributed by atoms with Crippen molar-refractivity contribution in [1.29, 1.82) is 0 Å². The van der Waals surface area contributed by atoms with Gasteiger partial charge in [-0.15, -0.1) is 0 Å². The molecule has 2 N–H and O–H groups in total. The van der Waals surface area contributed by atoms with Crippen molar-refractivity contribution in [1.82, 2.24) is 0 Å². The SMILES string of the molecule is CC(C)[C@H](C)C[C@H](O)[C@@H](C)[C@@H]1CC[C@@H]2[C@@H]3CC(=O)[C@H]4C[C@@H](O)CC[C@]4(C)[C@H]3CC[C@]21C. The molecule has 4 rings (SSSR count). The number of Topliss-reactive ketones (excluding diaryl/α,β-unsaturated/α-hetero) is 1. The third-order valence-corrected chi connectivity index (χ3v) is 11.5. The van der Waals surface area contributed by atoms with Crippen molar-refractivity contribution >= 4 is 5.78 Å². The molecule has 0 aliphatic heterocycles. The van der Waals surface area contributed by atoms with Crippen LogP contribution in [0.3, 0.4) is 0 Å². The van der Waals surface area contributed by atoms with Gasteiger partial charge in [0.05, 0.1) is 12.2 Å². The predicted molar refractivity (Wildman–Crippen MR) is 125 cm³/mol. The highest BCUT2D eigenvalue weighted by molar-refractivity contribution is 5.83. The lowest BCUT2D eigenvalue weighted by atomic mass is 9.44. The van der Waals surface area contributed by atoms with Crippen LogP contribution in [0.2, 0.25) is 0 Å². The summed E-state index contributed by atoms with van der Waals surface area (Å²) >= 11 is 0. The molecule has 0 heterocycles. The maximum atomic E-state index is 13.3. The maximum Gasteiger partial charge on any atom is 0.136 e. The molecule has 0 aromatic carbocycles. The molecule has 0 bridgehead atoms. The third kappa shape index (κ3) is 3.84. The van der Waals surface area contributed by atoms with Gasteiger partial charge in [0.2, 0.25) is 0 Å². The molecule has 0 aromatic rings. The molecule has 3 heteroatoms. The molecule has 4 aliphatic carbocycles. The fourth-order valence-electron chi connectivity index (χ4n) is 9.06. The highest BCUT2D eigenvalue weighted by Gasteiger charge is 2.62. The number of hydrogen-bond acceptors (Lipinski definition) is 3. The maximum absolute atomic E-state index is 13.3. The van der Waals surface area contributed by atoms with Gasteiger partial charge < -0.3 is 10.2 Å². The monoisotopic (exact) mass is 432 g/mol. The third-order valence-electron chi connectivity index (χ3n) is 11.5. The Hall–Kier alpha value is -0.410. The van der Waals surface area contributed by atoms with Gasteiger partial charge in [-0.1, -0.05) is 41.5 Å². The second-order valence-electron chi connectivity index (χ2n) is 13.1. The summed E-state index contributed by atoms with van der Waals surface area (Å²) in [5.41, 5.74) is 0.358. The van der Waals surface area contributed by atoms with E-state index >= 15 is 0 Å². The van der Waals surface area contributed by atoms with Crippen molar-refractivity contribution in [3.05, 3.63) is 0 Å². The molecule has 3 nitrogen and oxygen atoms in total. The number of ketones is 1. The first kappa shape index (κ1) is 23.7. The second kappa shape index (κ2) is 8.42. The van der Waals surface area contributed by atoms with E-state index in [9.17, 15) is 15.0 Å². The summed E-state index contributed by atoms with van der Waals surface area (Å²) in [5, 5.41) is 21.4. The Kier molecular flexibility index (Phi) is 6.45. The Morgan fingerprint density at radius 1 is 0.968 bits per heavy atom. The van der Waals surface area contributed by atoms with Crippen molar-refractivity contribution in [3.63, 3.8) is 0 Å². The Morgan fingerprint density at radius 2 is 1.61 bits per heavy atom. The van der Waals surface area contributed by atoms with Crippen LogP contribution in [0.4, 0.5) is 0 Å². The van der Waals surface area contributed by atoms with Crippen LogP contribution < -0.4 is 0 Å². The Labute approximate surface area is 190 Å². The molecule has 0 amide bonds. The molecular weight excluding hydrogens is 384 g/mol. The van der Waals surface area contributed by atoms with Gasteiger partial charge in [0.15, 0.2) is 0 Å². The van der Waals surface area contributed by atoms with E-state index in [0.29, 0.717) is 53.6 Å². The minimum absolute atomic E-state index is 0.0809. The minimum atomic E-state index is -0.279. The van der Waals surface area contributed by atoms with Crippen LogP contribution >= 0.6 is 0 Å². The van der Waals surface area contributed by atoms with E-state index in [1.807, 2.05) is 0 Å². The van der Waals surface area contributed by atoms with Gasteiger partial charge in [-0.3, -0.25) is 4.79 Å². The van der Waals surface area contributed by atoms with Gasteiger partial charge in [-0.25, -0.2) is 0 Å². The number of aliphatic hydroxyl groups is 2. The normalized spacial score (nSPS) is 48.0. The van der Waals surface area contributed by atoms with E-state index in [1.165, 1.54) is 25.7 Å². The molecule has 4 fully saturated rings. The summed E-state index contributed by atoms with van der Waals surface area (Å²) < 4.78 is 0. The second-order valence-corrected chi connectivity index (χ2v) is 13.1. The molecule has 31 heavy (non-hydrogen) atoms. The lowest BCUT2D eigenvalue weighted by Crippen LogP contribution is -2.57. The lowest BCUT2D eigenvalue weighted by molar-refractivity contribution is -0.160. The molecule has 11 atom stereocenters.